The molecule has 0 radical (unpaired) electrons. The Morgan fingerprint density at radius 1 is 0.321 bits per heavy atom. The van der Waals surface area contributed by atoms with E-state index in [0.29, 0.717) is 23.3 Å². The van der Waals surface area contributed by atoms with E-state index in [1.165, 1.54) is 19.5 Å². The average Bonchev–Trinajstić information content (AvgIpc) is 3.85. The quantitative estimate of drug-likeness (QED) is 0.169. The molecule has 56 heavy (non-hydrogen) atoms. The first-order chi connectivity index (χ1) is 27.7. The Bertz CT molecular complexity index is 3190. The minimum atomic E-state index is 0.648. The molecule has 0 amide bonds. The minimum Gasteiger partial charge on any atom is -0.226 e. The van der Waals surface area contributed by atoms with E-state index in [2.05, 4.69) is 109 Å². The maximum Gasteiger partial charge on any atom is 0.164 e. The first-order valence-corrected chi connectivity index (χ1v) is 20.0. The van der Waals surface area contributed by atoms with Crippen molar-refractivity contribution in [1.29, 1.82) is 0 Å². The molecule has 7 aromatic carbocycles. The van der Waals surface area contributed by atoms with Crippen LogP contribution in [0.1, 0.15) is 0 Å². The van der Waals surface area contributed by atoms with Gasteiger partial charge in [0.2, 0.25) is 0 Å². The maximum absolute atomic E-state index is 5.24. The molecule has 0 aliphatic heterocycles. The van der Waals surface area contributed by atoms with Crippen LogP contribution in [0.5, 0.6) is 0 Å². The van der Waals surface area contributed by atoms with Crippen molar-refractivity contribution in [3.63, 3.8) is 0 Å². The van der Waals surface area contributed by atoms with E-state index in [1.807, 2.05) is 66.7 Å². The van der Waals surface area contributed by atoms with E-state index < -0.39 is 0 Å². The summed E-state index contributed by atoms with van der Waals surface area (Å²) < 4.78 is 4.70. The van der Waals surface area contributed by atoms with Gasteiger partial charge in [-0.1, -0.05) is 146 Å². The normalized spacial score (nSPS) is 11.6. The fraction of sp³-hybridized carbons (Fsp3) is 0. The number of benzene rings is 7. The summed E-state index contributed by atoms with van der Waals surface area (Å²) in [6, 6.07) is 61.0. The summed E-state index contributed by atoms with van der Waals surface area (Å²) in [4.78, 5) is 25.6. The molecule has 0 aliphatic rings. The van der Waals surface area contributed by atoms with E-state index >= 15 is 0 Å². The van der Waals surface area contributed by atoms with E-state index in [4.69, 9.17) is 24.9 Å². The van der Waals surface area contributed by atoms with Gasteiger partial charge in [-0.3, -0.25) is 0 Å². The van der Waals surface area contributed by atoms with Gasteiger partial charge in [-0.15, -0.1) is 22.7 Å². The van der Waals surface area contributed by atoms with Crippen molar-refractivity contribution in [2.45, 2.75) is 0 Å². The minimum absolute atomic E-state index is 0.648. The highest BCUT2D eigenvalue weighted by molar-refractivity contribution is 7.26. The highest BCUT2D eigenvalue weighted by atomic mass is 32.1. The van der Waals surface area contributed by atoms with Crippen LogP contribution in [0.15, 0.2) is 176 Å². The van der Waals surface area contributed by atoms with Crippen LogP contribution in [-0.4, -0.2) is 24.9 Å². The zero-order chi connectivity index (χ0) is 37.0. The Balaban J connectivity index is 1.06. The van der Waals surface area contributed by atoms with Gasteiger partial charge in [0, 0.05) is 58.1 Å². The Hall–Kier alpha value is -6.93. The Morgan fingerprint density at radius 2 is 0.875 bits per heavy atom. The molecule has 5 nitrogen and oxygen atoms in total. The maximum atomic E-state index is 5.24. The van der Waals surface area contributed by atoms with Crippen LogP contribution >= 0.6 is 22.7 Å². The third-order valence-electron chi connectivity index (χ3n) is 10.2. The third kappa shape index (κ3) is 5.64. The first kappa shape index (κ1) is 32.5. The standard InChI is InChI=1S/C49H29N5S2/c1-4-14-30(15-5-1)43-45-44(36-22-10-11-24-39(36)56-45)51-48(50-43)35-21-12-20-33(28-35)34-26-27-40-38(29-34)42-37(23-13-25-41(42)55-40)49-53-46(31-16-6-2-7-17-31)52-47(54-49)32-18-8-3-9-19-32/h1-29H. The predicted molar refractivity (Wildman–Crippen MR) is 234 cm³/mol. The predicted octanol–water partition coefficient (Wildman–Crippen LogP) is 13.4. The highest BCUT2D eigenvalue weighted by Crippen LogP contribution is 2.43. The molecule has 262 valence electrons. The largest absolute Gasteiger partial charge is 0.226 e. The molecule has 11 aromatic rings. The van der Waals surface area contributed by atoms with Gasteiger partial charge in [-0.2, -0.15) is 0 Å². The molecule has 0 saturated carbocycles. The molecule has 0 unspecified atom stereocenters. The molecule has 0 saturated heterocycles. The zero-order valence-corrected chi connectivity index (χ0v) is 31.4. The Morgan fingerprint density at radius 3 is 1.62 bits per heavy atom. The van der Waals surface area contributed by atoms with Crippen LogP contribution in [0.2, 0.25) is 0 Å². The number of hydrogen-bond donors (Lipinski definition) is 0. The van der Waals surface area contributed by atoms with Gasteiger partial charge in [0.15, 0.2) is 23.3 Å². The molecule has 0 fully saturated rings. The van der Waals surface area contributed by atoms with Crippen molar-refractivity contribution in [1.82, 2.24) is 24.9 Å². The summed E-state index contributed by atoms with van der Waals surface area (Å²) in [6.07, 6.45) is 0. The topological polar surface area (TPSA) is 64.5 Å². The lowest BCUT2D eigenvalue weighted by Gasteiger charge is -2.10. The van der Waals surface area contributed by atoms with Crippen LogP contribution in [0.3, 0.4) is 0 Å². The molecule has 0 bridgehead atoms. The summed E-state index contributed by atoms with van der Waals surface area (Å²) in [5, 5.41) is 3.46. The highest BCUT2D eigenvalue weighted by Gasteiger charge is 2.19. The van der Waals surface area contributed by atoms with Gasteiger partial charge < -0.3 is 0 Å². The molecule has 4 heterocycles. The molecule has 0 N–H and O–H groups in total. The molecule has 11 rings (SSSR count). The van der Waals surface area contributed by atoms with Crippen molar-refractivity contribution < 1.29 is 0 Å². The second-order valence-corrected chi connectivity index (χ2v) is 15.8. The van der Waals surface area contributed by atoms with E-state index in [-0.39, 0.29) is 0 Å². The summed E-state index contributed by atoms with van der Waals surface area (Å²) in [6.45, 7) is 0. The van der Waals surface area contributed by atoms with Gasteiger partial charge in [-0.25, -0.2) is 24.9 Å². The molecule has 0 spiro atoms. The van der Waals surface area contributed by atoms with Crippen molar-refractivity contribution >= 4 is 63.1 Å². The third-order valence-corrected chi connectivity index (χ3v) is 12.5. The summed E-state index contributed by atoms with van der Waals surface area (Å²) in [7, 11) is 0. The lowest BCUT2D eigenvalue weighted by Crippen LogP contribution is -2.00. The lowest BCUT2D eigenvalue weighted by molar-refractivity contribution is 1.08. The number of aromatic nitrogens is 5. The van der Waals surface area contributed by atoms with Gasteiger partial charge in [0.25, 0.3) is 0 Å². The molecule has 0 atom stereocenters. The SMILES string of the molecule is c1ccc(-c2nc(-c3ccccc3)nc(-c3cccc4sc5ccc(-c6cccc(-c7nc(-c8ccccc8)c8sc9ccccc9c8n7)c6)cc5c34)n2)cc1. The van der Waals surface area contributed by atoms with Crippen molar-refractivity contribution in [2.75, 3.05) is 0 Å². The fourth-order valence-electron chi connectivity index (χ4n) is 7.47. The first-order valence-electron chi connectivity index (χ1n) is 18.4. The number of nitrogens with zero attached hydrogens (tertiary/aromatic N) is 5. The molecule has 0 aliphatic carbocycles. The summed E-state index contributed by atoms with van der Waals surface area (Å²) in [5.74, 6) is 2.66. The molecular formula is C49H29N5S2. The molecule has 4 aromatic heterocycles. The Kier molecular flexibility index (Phi) is 7.79. The van der Waals surface area contributed by atoms with E-state index in [0.717, 1.165) is 65.6 Å². The number of fused-ring (bicyclic) bond motifs is 6. The monoisotopic (exact) mass is 751 g/mol. The van der Waals surface area contributed by atoms with Crippen LogP contribution < -0.4 is 0 Å². The fourth-order valence-corrected chi connectivity index (χ4v) is 9.74. The van der Waals surface area contributed by atoms with Crippen LogP contribution in [0, 0.1) is 0 Å². The van der Waals surface area contributed by atoms with Crippen LogP contribution in [0.25, 0.3) is 108 Å². The number of thiophene rings is 2. The van der Waals surface area contributed by atoms with E-state index in [9.17, 15) is 0 Å². The van der Waals surface area contributed by atoms with Crippen LogP contribution in [-0.2, 0) is 0 Å². The van der Waals surface area contributed by atoms with Crippen molar-refractivity contribution in [3.05, 3.63) is 176 Å². The molecule has 7 heteroatoms. The van der Waals surface area contributed by atoms with Gasteiger partial charge in [0.1, 0.15) is 0 Å². The van der Waals surface area contributed by atoms with Crippen LogP contribution in [0.4, 0.5) is 0 Å². The lowest BCUT2D eigenvalue weighted by atomic mass is 9.99. The number of hydrogen-bond acceptors (Lipinski definition) is 7. The smallest absolute Gasteiger partial charge is 0.164 e. The number of rotatable bonds is 6. The van der Waals surface area contributed by atoms with Gasteiger partial charge in [-0.05, 0) is 41.5 Å². The zero-order valence-electron chi connectivity index (χ0n) is 29.8. The van der Waals surface area contributed by atoms with Crippen molar-refractivity contribution in [2.24, 2.45) is 0 Å². The summed E-state index contributed by atoms with van der Waals surface area (Å²) >= 11 is 3.54. The van der Waals surface area contributed by atoms with Gasteiger partial charge >= 0.3 is 0 Å². The Labute approximate surface area is 330 Å². The molecular weight excluding hydrogens is 723 g/mol. The van der Waals surface area contributed by atoms with E-state index in [1.54, 1.807) is 22.7 Å². The summed E-state index contributed by atoms with van der Waals surface area (Å²) in [5.41, 5.74) is 9.09. The second kappa shape index (κ2) is 13.4. The average molecular weight is 752 g/mol. The second-order valence-electron chi connectivity index (χ2n) is 13.6. The van der Waals surface area contributed by atoms with Gasteiger partial charge in [0.05, 0.1) is 15.9 Å². The van der Waals surface area contributed by atoms with Crippen molar-refractivity contribution in [3.8, 4) is 67.9 Å².